The van der Waals surface area contributed by atoms with Gasteiger partial charge in [0.25, 0.3) is 0 Å². The van der Waals surface area contributed by atoms with Gasteiger partial charge in [0.05, 0.1) is 10.0 Å². The summed E-state index contributed by atoms with van der Waals surface area (Å²) in [4.78, 5) is 28.2. The molecule has 2 aromatic rings. The summed E-state index contributed by atoms with van der Waals surface area (Å²) in [5, 5.41) is 0.812. The number of anilines is 2. The summed E-state index contributed by atoms with van der Waals surface area (Å²) in [6, 6.07) is 13.0. The molecule has 3 rings (SSSR count). The van der Waals surface area contributed by atoms with Gasteiger partial charge in [-0.2, -0.15) is 0 Å². The molecule has 6 heteroatoms. The van der Waals surface area contributed by atoms with Gasteiger partial charge in [0.2, 0.25) is 11.8 Å². The molecule has 2 amide bonds. The van der Waals surface area contributed by atoms with Crippen LogP contribution in [0.5, 0.6) is 0 Å². The molecule has 0 spiro atoms. The SMILES string of the molecule is CC(=O)N(CCC(=O)N1CCCc2ccccc21)c1ccc(Cl)c(Cl)c1. The van der Waals surface area contributed by atoms with Gasteiger partial charge < -0.3 is 9.80 Å². The molecule has 136 valence electrons. The zero-order chi connectivity index (χ0) is 18.7. The Hall–Kier alpha value is -2.04. The van der Waals surface area contributed by atoms with Crippen molar-refractivity contribution in [3.05, 3.63) is 58.1 Å². The van der Waals surface area contributed by atoms with Crippen molar-refractivity contribution in [2.45, 2.75) is 26.2 Å². The first-order chi connectivity index (χ1) is 12.5. The molecule has 0 bridgehead atoms. The molecule has 0 saturated carbocycles. The molecular formula is C20H20Cl2N2O2. The summed E-state index contributed by atoms with van der Waals surface area (Å²) in [5.41, 5.74) is 2.81. The minimum Gasteiger partial charge on any atom is -0.312 e. The number of nitrogens with zero attached hydrogens (tertiary/aromatic N) is 2. The lowest BCUT2D eigenvalue weighted by atomic mass is 10.0. The van der Waals surface area contributed by atoms with Crippen molar-refractivity contribution in [3.8, 4) is 0 Å². The predicted octanol–water partition coefficient (Wildman–Crippen LogP) is 4.72. The molecule has 2 aromatic carbocycles. The molecule has 1 heterocycles. The van der Waals surface area contributed by atoms with Gasteiger partial charge in [-0.05, 0) is 42.7 Å². The Labute approximate surface area is 163 Å². The number of aryl methyl sites for hydroxylation is 1. The predicted molar refractivity (Wildman–Crippen MR) is 106 cm³/mol. The first-order valence-electron chi connectivity index (χ1n) is 8.59. The van der Waals surface area contributed by atoms with E-state index in [-0.39, 0.29) is 18.2 Å². The molecule has 0 fully saturated rings. The van der Waals surface area contributed by atoms with Crippen LogP contribution in [0, 0.1) is 0 Å². The number of rotatable bonds is 4. The maximum absolute atomic E-state index is 12.8. The molecule has 26 heavy (non-hydrogen) atoms. The highest BCUT2D eigenvalue weighted by molar-refractivity contribution is 6.42. The molecule has 4 nitrogen and oxygen atoms in total. The number of hydrogen-bond acceptors (Lipinski definition) is 2. The third-order valence-corrected chi connectivity index (χ3v) is 5.29. The summed E-state index contributed by atoms with van der Waals surface area (Å²) in [5.74, 6) is -0.126. The van der Waals surface area contributed by atoms with Gasteiger partial charge in [0.1, 0.15) is 0 Å². The zero-order valence-corrected chi connectivity index (χ0v) is 16.1. The number of para-hydroxylation sites is 1. The fourth-order valence-electron chi connectivity index (χ4n) is 3.26. The van der Waals surface area contributed by atoms with Crippen molar-refractivity contribution < 1.29 is 9.59 Å². The van der Waals surface area contributed by atoms with E-state index in [0.717, 1.165) is 18.5 Å². The monoisotopic (exact) mass is 390 g/mol. The number of carbonyl (C=O) groups excluding carboxylic acids is 2. The van der Waals surface area contributed by atoms with E-state index in [0.29, 0.717) is 28.8 Å². The first kappa shape index (κ1) is 18.7. The summed E-state index contributed by atoms with van der Waals surface area (Å²) in [6.07, 6.45) is 2.18. The average Bonchev–Trinajstić information content (AvgIpc) is 2.63. The lowest BCUT2D eigenvalue weighted by molar-refractivity contribution is -0.118. The summed E-state index contributed by atoms with van der Waals surface area (Å²) in [6.45, 7) is 2.48. The van der Waals surface area contributed by atoms with E-state index in [2.05, 4.69) is 6.07 Å². The van der Waals surface area contributed by atoms with Gasteiger partial charge in [-0.1, -0.05) is 41.4 Å². The smallest absolute Gasteiger partial charge is 0.228 e. The molecule has 0 aliphatic carbocycles. The van der Waals surface area contributed by atoms with Crippen LogP contribution in [0.2, 0.25) is 10.0 Å². The maximum atomic E-state index is 12.8. The second-order valence-electron chi connectivity index (χ2n) is 6.30. The van der Waals surface area contributed by atoms with Gasteiger partial charge in [0.15, 0.2) is 0 Å². The van der Waals surface area contributed by atoms with Crippen LogP contribution in [0.1, 0.15) is 25.3 Å². The van der Waals surface area contributed by atoms with Crippen molar-refractivity contribution in [1.29, 1.82) is 0 Å². The Kier molecular flexibility index (Phi) is 5.84. The zero-order valence-electron chi connectivity index (χ0n) is 14.5. The van der Waals surface area contributed by atoms with Crippen LogP contribution in [-0.4, -0.2) is 24.9 Å². The Balaban J connectivity index is 1.73. The van der Waals surface area contributed by atoms with E-state index in [9.17, 15) is 9.59 Å². The highest BCUT2D eigenvalue weighted by Crippen LogP contribution is 2.29. The second kappa shape index (κ2) is 8.11. The van der Waals surface area contributed by atoms with Crippen LogP contribution in [0.3, 0.4) is 0 Å². The molecule has 1 aliphatic heterocycles. The van der Waals surface area contributed by atoms with E-state index in [4.69, 9.17) is 23.2 Å². The fraction of sp³-hybridized carbons (Fsp3) is 0.300. The van der Waals surface area contributed by atoms with Crippen LogP contribution in [0.15, 0.2) is 42.5 Å². The van der Waals surface area contributed by atoms with Gasteiger partial charge >= 0.3 is 0 Å². The average molecular weight is 391 g/mol. The molecule has 1 aliphatic rings. The molecule has 0 atom stereocenters. The number of hydrogen-bond donors (Lipinski definition) is 0. The van der Waals surface area contributed by atoms with Gasteiger partial charge in [-0.15, -0.1) is 0 Å². The second-order valence-corrected chi connectivity index (χ2v) is 7.11. The quantitative estimate of drug-likeness (QED) is 0.757. The van der Waals surface area contributed by atoms with Gasteiger partial charge in [-0.25, -0.2) is 0 Å². The van der Waals surface area contributed by atoms with Crippen molar-refractivity contribution in [1.82, 2.24) is 0 Å². The number of benzene rings is 2. The van der Waals surface area contributed by atoms with Crippen LogP contribution < -0.4 is 9.80 Å². The van der Waals surface area contributed by atoms with E-state index < -0.39 is 0 Å². The van der Waals surface area contributed by atoms with Crippen molar-refractivity contribution >= 4 is 46.4 Å². The molecule has 0 unspecified atom stereocenters. The topological polar surface area (TPSA) is 40.6 Å². The number of amides is 2. The van der Waals surface area contributed by atoms with Crippen LogP contribution in [-0.2, 0) is 16.0 Å². The maximum Gasteiger partial charge on any atom is 0.228 e. The number of carbonyl (C=O) groups is 2. The number of fused-ring (bicyclic) bond motifs is 1. The highest BCUT2D eigenvalue weighted by Gasteiger charge is 2.23. The third-order valence-electron chi connectivity index (χ3n) is 4.56. The Morgan fingerprint density at radius 1 is 1.12 bits per heavy atom. The van der Waals surface area contributed by atoms with Crippen molar-refractivity contribution in [2.75, 3.05) is 22.9 Å². The first-order valence-corrected chi connectivity index (χ1v) is 9.34. The molecular weight excluding hydrogens is 371 g/mol. The Bertz CT molecular complexity index is 838. The fourth-order valence-corrected chi connectivity index (χ4v) is 3.55. The lowest BCUT2D eigenvalue weighted by Crippen LogP contribution is -2.38. The highest BCUT2D eigenvalue weighted by atomic mass is 35.5. The van der Waals surface area contributed by atoms with Gasteiger partial charge in [-0.3, -0.25) is 9.59 Å². The Morgan fingerprint density at radius 2 is 1.88 bits per heavy atom. The van der Waals surface area contributed by atoms with Crippen molar-refractivity contribution in [2.24, 2.45) is 0 Å². The summed E-state index contributed by atoms with van der Waals surface area (Å²) < 4.78 is 0. The third kappa shape index (κ3) is 4.02. The lowest BCUT2D eigenvalue weighted by Gasteiger charge is -2.30. The van der Waals surface area contributed by atoms with E-state index in [1.165, 1.54) is 12.5 Å². The number of halogens is 2. The molecule has 0 aromatic heterocycles. The summed E-state index contributed by atoms with van der Waals surface area (Å²) in [7, 11) is 0. The molecule has 0 radical (unpaired) electrons. The normalized spacial score (nSPS) is 13.3. The standard InChI is InChI=1S/C20H20Cl2N2O2/c1-14(25)23(16-8-9-17(21)18(22)13-16)12-10-20(26)24-11-4-6-15-5-2-3-7-19(15)24/h2-3,5,7-9,13H,4,6,10-12H2,1H3. The summed E-state index contributed by atoms with van der Waals surface area (Å²) >= 11 is 12.0. The van der Waals surface area contributed by atoms with Crippen LogP contribution >= 0.6 is 23.2 Å². The van der Waals surface area contributed by atoms with Crippen molar-refractivity contribution in [3.63, 3.8) is 0 Å². The largest absolute Gasteiger partial charge is 0.312 e. The molecule has 0 N–H and O–H groups in total. The van der Waals surface area contributed by atoms with E-state index in [1.54, 1.807) is 23.1 Å². The van der Waals surface area contributed by atoms with E-state index in [1.807, 2.05) is 23.1 Å². The Morgan fingerprint density at radius 3 is 2.62 bits per heavy atom. The molecule has 0 saturated heterocycles. The van der Waals surface area contributed by atoms with Crippen LogP contribution in [0.25, 0.3) is 0 Å². The van der Waals surface area contributed by atoms with Gasteiger partial charge in [0, 0.05) is 37.8 Å². The minimum atomic E-state index is -0.143. The van der Waals surface area contributed by atoms with E-state index >= 15 is 0 Å². The minimum absolute atomic E-state index is 0.0171. The van der Waals surface area contributed by atoms with Crippen LogP contribution in [0.4, 0.5) is 11.4 Å².